The number of nitrogens with one attached hydrogen (secondary N) is 1. The first-order chi connectivity index (χ1) is 11.3. The van der Waals surface area contributed by atoms with Crippen LogP contribution in [0.2, 0.25) is 0 Å². The molecule has 5 nitrogen and oxygen atoms in total. The molecular formula is C16H19F3N2O3. The molecule has 8 heteroatoms. The maximum absolute atomic E-state index is 12.7. The van der Waals surface area contributed by atoms with Crippen molar-refractivity contribution in [2.45, 2.75) is 25.6 Å². The molecule has 2 N–H and O–H groups in total. The van der Waals surface area contributed by atoms with E-state index in [9.17, 15) is 22.8 Å². The number of rotatable bonds is 6. The van der Waals surface area contributed by atoms with Gasteiger partial charge in [-0.05, 0) is 24.1 Å². The Balaban J connectivity index is 1.96. The van der Waals surface area contributed by atoms with E-state index in [4.69, 9.17) is 5.11 Å². The Hall–Kier alpha value is -2.09. The molecule has 1 unspecified atom stereocenters. The smallest absolute Gasteiger partial charge is 0.396 e. The van der Waals surface area contributed by atoms with Crippen LogP contribution in [0.5, 0.6) is 0 Å². The molecule has 0 radical (unpaired) electrons. The summed E-state index contributed by atoms with van der Waals surface area (Å²) in [6.45, 7) is 0.516. The van der Waals surface area contributed by atoms with Crippen molar-refractivity contribution in [3.8, 4) is 0 Å². The van der Waals surface area contributed by atoms with E-state index in [1.807, 2.05) is 0 Å². The molecule has 1 aromatic rings. The topological polar surface area (TPSA) is 69.6 Å². The lowest BCUT2D eigenvalue weighted by Crippen LogP contribution is -2.33. The van der Waals surface area contributed by atoms with Crippen molar-refractivity contribution in [3.05, 3.63) is 35.4 Å². The largest absolute Gasteiger partial charge is 0.416 e. The number of nitrogens with zero attached hydrogens (tertiary/aromatic N) is 1. The van der Waals surface area contributed by atoms with Crippen LogP contribution in [-0.4, -0.2) is 41.5 Å². The summed E-state index contributed by atoms with van der Waals surface area (Å²) in [4.78, 5) is 25.3. The Morgan fingerprint density at radius 1 is 1.38 bits per heavy atom. The van der Waals surface area contributed by atoms with Crippen LogP contribution in [0.3, 0.4) is 0 Å². The molecule has 1 aliphatic rings. The molecule has 1 heterocycles. The van der Waals surface area contributed by atoms with Crippen LogP contribution in [-0.2, 0) is 22.3 Å². The van der Waals surface area contributed by atoms with Crippen LogP contribution < -0.4 is 5.32 Å². The highest BCUT2D eigenvalue weighted by atomic mass is 19.4. The minimum Gasteiger partial charge on any atom is -0.396 e. The number of aliphatic hydroxyl groups is 1. The van der Waals surface area contributed by atoms with E-state index < -0.39 is 17.7 Å². The van der Waals surface area contributed by atoms with Gasteiger partial charge in [0.2, 0.25) is 11.8 Å². The van der Waals surface area contributed by atoms with Gasteiger partial charge in [0.1, 0.15) is 0 Å². The van der Waals surface area contributed by atoms with Crippen LogP contribution in [0, 0.1) is 5.92 Å². The SMILES string of the molecule is O=C(NCCCO)C1CC(=O)N(Cc2cccc(C(F)(F)F)c2)C1. The Bertz CT molecular complexity index is 604. The van der Waals surface area contributed by atoms with Crippen LogP contribution in [0.15, 0.2) is 24.3 Å². The van der Waals surface area contributed by atoms with Crippen molar-refractivity contribution in [3.63, 3.8) is 0 Å². The van der Waals surface area contributed by atoms with E-state index in [0.717, 1.165) is 12.1 Å². The average Bonchev–Trinajstić information content (AvgIpc) is 2.88. The Morgan fingerprint density at radius 3 is 2.79 bits per heavy atom. The normalized spacial score (nSPS) is 18.1. The molecule has 1 atom stereocenters. The first-order valence-corrected chi connectivity index (χ1v) is 7.63. The Kier molecular flexibility index (Phi) is 5.82. The number of carbonyl (C=O) groups excluding carboxylic acids is 2. The summed E-state index contributed by atoms with van der Waals surface area (Å²) in [5.74, 6) is -1.04. The van der Waals surface area contributed by atoms with E-state index in [1.54, 1.807) is 0 Å². The van der Waals surface area contributed by atoms with Gasteiger partial charge < -0.3 is 15.3 Å². The summed E-state index contributed by atoms with van der Waals surface area (Å²) in [6.07, 6.45) is -3.95. The van der Waals surface area contributed by atoms with Crippen LogP contribution >= 0.6 is 0 Å². The summed E-state index contributed by atoms with van der Waals surface area (Å²) in [5, 5.41) is 11.3. The lowest BCUT2D eigenvalue weighted by Gasteiger charge is -2.17. The molecule has 1 aliphatic heterocycles. The predicted molar refractivity (Wildman–Crippen MR) is 79.7 cm³/mol. The molecule has 0 saturated carbocycles. The van der Waals surface area contributed by atoms with E-state index in [2.05, 4.69) is 5.32 Å². The maximum atomic E-state index is 12.7. The van der Waals surface area contributed by atoms with Crippen molar-refractivity contribution in [2.24, 2.45) is 5.92 Å². The van der Waals surface area contributed by atoms with Gasteiger partial charge in [0.05, 0.1) is 11.5 Å². The Labute approximate surface area is 137 Å². The quantitative estimate of drug-likeness (QED) is 0.770. The first kappa shape index (κ1) is 18.3. The standard InChI is InChI=1S/C16H19F3N2O3/c17-16(18,19)13-4-1-3-11(7-13)9-21-10-12(8-14(21)23)15(24)20-5-2-6-22/h1,3-4,7,12,22H,2,5-6,8-10H2,(H,20,24). The summed E-state index contributed by atoms with van der Waals surface area (Å²) in [5.41, 5.74) is -0.385. The van der Waals surface area contributed by atoms with E-state index >= 15 is 0 Å². The summed E-state index contributed by atoms with van der Waals surface area (Å²) < 4.78 is 38.2. The van der Waals surface area contributed by atoms with Crippen molar-refractivity contribution in [1.29, 1.82) is 0 Å². The highest BCUT2D eigenvalue weighted by Crippen LogP contribution is 2.30. The number of hydrogen-bond donors (Lipinski definition) is 2. The maximum Gasteiger partial charge on any atom is 0.416 e. The van der Waals surface area contributed by atoms with Gasteiger partial charge in [-0.15, -0.1) is 0 Å². The van der Waals surface area contributed by atoms with Crippen molar-refractivity contribution in [2.75, 3.05) is 19.7 Å². The molecule has 0 aromatic heterocycles. The molecule has 1 fully saturated rings. The van der Waals surface area contributed by atoms with Gasteiger partial charge in [0, 0.05) is 32.7 Å². The molecular weight excluding hydrogens is 325 g/mol. The number of benzene rings is 1. The third-order valence-corrected chi connectivity index (χ3v) is 3.85. The van der Waals surface area contributed by atoms with E-state index in [1.165, 1.54) is 17.0 Å². The highest BCUT2D eigenvalue weighted by molar-refractivity contribution is 5.89. The molecule has 24 heavy (non-hydrogen) atoms. The number of amides is 2. The van der Waals surface area contributed by atoms with Gasteiger partial charge >= 0.3 is 6.18 Å². The first-order valence-electron chi connectivity index (χ1n) is 7.63. The van der Waals surface area contributed by atoms with Crippen molar-refractivity contribution >= 4 is 11.8 Å². The second kappa shape index (κ2) is 7.65. The van der Waals surface area contributed by atoms with Gasteiger partial charge in [-0.2, -0.15) is 13.2 Å². The lowest BCUT2D eigenvalue weighted by atomic mass is 10.1. The van der Waals surface area contributed by atoms with Gasteiger partial charge in [-0.3, -0.25) is 9.59 Å². The molecule has 132 valence electrons. The average molecular weight is 344 g/mol. The fourth-order valence-corrected chi connectivity index (χ4v) is 2.60. The molecule has 1 aromatic carbocycles. The predicted octanol–water partition coefficient (Wildman–Crippen LogP) is 1.55. The summed E-state index contributed by atoms with van der Waals surface area (Å²) in [6, 6.07) is 4.82. The zero-order valence-corrected chi connectivity index (χ0v) is 13.0. The van der Waals surface area contributed by atoms with E-state index in [0.29, 0.717) is 18.5 Å². The third kappa shape index (κ3) is 4.70. The van der Waals surface area contributed by atoms with Gasteiger partial charge in [-0.25, -0.2) is 0 Å². The number of hydrogen-bond acceptors (Lipinski definition) is 3. The highest BCUT2D eigenvalue weighted by Gasteiger charge is 2.35. The number of likely N-dealkylation sites (tertiary alicyclic amines) is 1. The van der Waals surface area contributed by atoms with Crippen molar-refractivity contribution in [1.82, 2.24) is 10.2 Å². The van der Waals surface area contributed by atoms with Crippen LogP contribution in [0.4, 0.5) is 13.2 Å². The minimum absolute atomic E-state index is 0.0362. The number of halogens is 3. The van der Waals surface area contributed by atoms with Crippen molar-refractivity contribution < 1.29 is 27.9 Å². The van der Waals surface area contributed by atoms with E-state index in [-0.39, 0.29) is 37.9 Å². The monoisotopic (exact) mass is 344 g/mol. The molecule has 0 spiro atoms. The minimum atomic E-state index is -4.43. The second-order valence-corrected chi connectivity index (χ2v) is 5.74. The molecule has 1 saturated heterocycles. The van der Waals surface area contributed by atoms with Gasteiger partial charge in [-0.1, -0.05) is 12.1 Å². The fourth-order valence-electron chi connectivity index (χ4n) is 2.60. The molecule has 2 rings (SSSR count). The number of carbonyl (C=O) groups is 2. The van der Waals surface area contributed by atoms with Crippen LogP contribution in [0.1, 0.15) is 24.0 Å². The Morgan fingerprint density at radius 2 is 2.12 bits per heavy atom. The van der Waals surface area contributed by atoms with Gasteiger partial charge in [0.15, 0.2) is 0 Å². The zero-order valence-electron chi connectivity index (χ0n) is 13.0. The van der Waals surface area contributed by atoms with Gasteiger partial charge in [0.25, 0.3) is 0 Å². The lowest BCUT2D eigenvalue weighted by molar-refractivity contribution is -0.137. The number of aliphatic hydroxyl groups excluding tert-OH is 1. The third-order valence-electron chi connectivity index (χ3n) is 3.85. The molecule has 0 aliphatic carbocycles. The van der Waals surface area contributed by atoms with Crippen LogP contribution in [0.25, 0.3) is 0 Å². The summed E-state index contributed by atoms with van der Waals surface area (Å²) >= 11 is 0. The fraction of sp³-hybridized carbons (Fsp3) is 0.500. The molecule has 0 bridgehead atoms. The molecule has 2 amide bonds. The summed E-state index contributed by atoms with van der Waals surface area (Å²) in [7, 11) is 0. The second-order valence-electron chi connectivity index (χ2n) is 5.74. The zero-order chi connectivity index (χ0) is 17.7. The number of alkyl halides is 3.